The van der Waals surface area contributed by atoms with Crippen molar-refractivity contribution in [3.63, 3.8) is 0 Å². The van der Waals surface area contributed by atoms with Crippen molar-refractivity contribution in [2.75, 3.05) is 11.5 Å². The Balaban J connectivity index is 2.19. The van der Waals surface area contributed by atoms with Crippen molar-refractivity contribution in [3.8, 4) is 0 Å². The first kappa shape index (κ1) is 12.9. The summed E-state index contributed by atoms with van der Waals surface area (Å²) in [5, 5.41) is 19.1. The van der Waals surface area contributed by atoms with E-state index < -0.39 is 22.0 Å². The van der Waals surface area contributed by atoms with Crippen LogP contribution in [0.25, 0.3) is 0 Å². The molecule has 1 aliphatic rings. The SMILES string of the molecule is CCS(=O)(=O)CCCC(O)C(O)C1CC1. The highest BCUT2D eigenvalue weighted by molar-refractivity contribution is 7.91. The summed E-state index contributed by atoms with van der Waals surface area (Å²) >= 11 is 0. The van der Waals surface area contributed by atoms with Crippen LogP contribution in [-0.2, 0) is 9.84 Å². The predicted octanol–water partition coefficient (Wildman–Crippen LogP) is 0.333. The van der Waals surface area contributed by atoms with Crippen LogP contribution in [-0.4, -0.2) is 42.3 Å². The Labute approximate surface area is 91.2 Å². The van der Waals surface area contributed by atoms with Gasteiger partial charge >= 0.3 is 0 Å². The highest BCUT2D eigenvalue weighted by atomic mass is 32.2. The zero-order chi connectivity index (χ0) is 11.5. The summed E-state index contributed by atoms with van der Waals surface area (Å²) < 4.78 is 22.3. The third-order valence-corrected chi connectivity index (χ3v) is 4.68. The summed E-state index contributed by atoms with van der Waals surface area (Å²) in [5.41, 5.74) is 0. The maximum absolute atomic E-state index is 11.2. The number of rotatable bonds is 7. The first-order chi connectivity index (χ1) is 6.96. The lowest BCUT2D eigenvalue weighted by Gasteiger charge is -2.16. The molecular formula is C10H20O4S. The Kier molecular flexibility index (Phi) is 4.55. The van der Waals surface area contributed by atoms with Crippen molar-refractivity contribution in [1.82, 2.24) is 0 Å². The molecule has 4 nitrogen and oxygen atoms in total. The quantitative estimate of drug-likeness (QED) is 0.668. The summed E-state index contributed by atoms with van der Waals surface area (Å²) in [5.74, 6) is 0.495. The predicted molar refractivity (Wildman–Crippen MR) is 58.3 cm³/mol. The van der Waals surface area contributed by atoms with E-state index in [9.17, 15) is 18.6 Å². The minimum atomic E-state index is -2.94. The zero-order valence-corrected chi connectivity index (χ0v) is 9.91. The molecule has 1 aliphatic carbocycles. The summed E-state index contributed by atoms with van der Waals surface area (Å²) in [4.78, 5) is 0. The van der Waals surface area contributed by atoms with Gasteiger partial charge in [0.25, 0.3) is 0 Å². The lowest BCUT2D eigenvalue weighted by molar-refractivity contribution is 0.00143. The zero-order valence-electron chi connectivity index (χ0n) is 9.09. The maximum Gasteiger partial charge on any atom is 0.150 e. The molecule has 2 atom stereocenters. The van der Waals surface area contributed by atoms with Gasteiger partial charge in [0.05, 0.1) is 18.0 Å². The molecule has 90 valence electrons. The second-order valence-corrected chi connectivity index (χ2v) is 6.75. The molecule has 0 aromatic heterocycles. The molecule has 0 radical (unpaired) electrons. The Bertz CT molecular complexity index is 282. The van der Waals surface area contributed by atoms with Gasteiger partial charge in [-0.25, -0.2) is 8.42 Å². The van der Waals surface area contributed by atoms with Crippen LogP contribution in [0, 0.1) is 5.92 Å². The molecule has 15 heavy (non-hydrogen) atoms. The van der Waals surface area contributed by atoms with Gasteiger partial charge in [0.1, 0.15) is 9.84 Å². The third-order valence-electron chi connectivity index (χ3n) is 2.89. The van der Waals surface area contributed by atoms with Crippen molar-refractivity contribution in [3.05, 3.63) is 0 Å². The average molecular weight is 236 g/mol. The number of sulfone groups is 1. The number of hydrogen-bond acceptors (Lipinski definition) is 4. The number of hydrogen-bond donors (Lipinski definition) is 2. The van der Waals surface area contributed by atoms with Crippen LogP contribution in [0.5, 0.6) is 0 Å². The topological polar surface area (TPSA) is 74.6 Å². The average Bonchev–Trinajstić information content (AvgIpc) is 2.99. The van der Waals surface area contributed by atoms with Gasteiger partial charge in [0.15, 0.2) is 0 Å². The molecule has 0 heterocycles. The maximum atomic E-state index is 11.2. The van der Waals surface area contributed by atoms with Gasteiger partial charge in [0, 0.05) is 5.75 Å². The summed E-state index contributed by atoms with van der Waals surface area (Å²) in [6.07, 6.45) is 1.34. The molecule has 2 N–H and O–H groups in total. The second kappa shape index (κ2) is 5.27. The van der Waals surface area contributed by atoms with Crippen molar-refractivity contribution in [2.45, 2.75) is 44.8 Å². The Morgan fingerprint density at radius 3 is 2.40 bits per heavy atom. The van der Waals surface area contributed by atoms with Gasteiger partial charge in [-0.1, -0.05) is 6.92 Å². The highest BCUT2D eigenvalue weighted by Crippen LogP contribution is 2.34. The van der Waals surface area contributed by atoms with E-state index in [2.05, 4.69) is 0 Å². The van der Waals surface area contributed by atoms with Crippen molar-refractivity contribution in [1.29, 1.82) is 0 Å². The molecular weight excluding hydrogens is 216 g/mol. The van der Waals surface area contributed by atoms with E-state index in [1.54, 1.807) is 6.92 Å². The van der Waals surface area contributed by atoms with Crippen LogP contribution in [0.2, 0.25) is 0 Å². The van der Waals surface area contributed by atoms with E-state index in [4.69, 9.17) is 0 Å². The smallest absolute Gasteiger partial charge is 0.150 e. The number of aliphatic hydroxyl groups excluding tert-OH is 2. The summed E-state index contributed by atoms with van der Waals surface area (Å²) in [6, 6.07) is 0. The van der Waals surface area contributed by atoms with Gasteiger partial charge in [-0.15, -0.1) is 0 Å². The monoisotopic (exact) mass is 236 g/mol. The Morgan fingerprint density at radius 1 is 1.33 bits per heavy atom. The van der Waals surface area contributed by atoms with Gasteiger partial charge in [0.2, 0.25) is 0 Å². The highest BCUT2D eigenvalue weighted by Gasteiger charge is 2.34. The molecule has 0 bridgehead atoms. The fourth-order valence-corrected chi connectivity index (χ4v) is 2.47. The Morgan fingerprint density at radius 2 is 1.93 bits per heavy atom. The first-order valence-corrected chi connectivity index (χ1v) is 7.35. The van der Waals surface area contributed by atoms with Gasteiger partial charge in [-0.05, 0) is 31.6 Å². The normalized spacial score (nSPS) is 21.3. The fourth-order valence-electron chi connectivity index (χ4n) is 1.58. The minimum Gasteiger partial charge on any atom is -0.390 e. The third kappa shape index (κ3) is 4.49. The molecule has 0 aromatic rings. The van der Waals surface area contributed by atoms with E-state index in [0.29, 0.717) is 12.8 Å². The molecule has 1 fully saturated rings. The lowest BCUT2D eigenvalue weighted by atomic mass is 10.1. The van der Waals surface area contributed by atoms with E-state index in [-0.39, 0.29) is 17.4 Å². The van der Waals surface area contributed by atoms with Crippen molar-refractivity contribution < 1.29 is 18.6 Å². The largest absolute Gasteiger partial charge is 0.390 e. The van der Waals surface area contributed by atoms with Crippen LogP contribution in [0.4, 0.5) is 0 Å². The van der Waals surface area contributed by atoms with Crippen LogP contribution in [0.3, 0.4) is 0 Å². The standard InChI is InChI=1S/C10H20O4S/c1-2-15(13,14)7-3-4-9(11)10(12)8-5-6-8/h8-12H,2-7H2,1H3. The molecule has 1 saturated carbocycles. The van der Waals surface area contributed by atoms with Gasteiger partial charge < -0.3 is 10.2 Å². The number of aliphatic hydroxyl groups is 2. The summed E-state index contributed by atoms with van der Waals surface area (Å²) in [6.45, 7) is 1.62. The molecule has 0 amide bonds. The van der Waals surface area contributed by atoms with Crippen molar-refractivity contribution in [2.24, 2.45) is 5.92 Å². The molecule has 2 unspecified atom stereocenters. The first-order valence-electron chi connectivity index (χ1n) is 5.53. The van der Waals surface area contributed by atoms with Crippen LogP contribution < -0.4 is 0 Å². The van der Waals surface area contributed by atoms with E-state index >= 15 is 0 Å². The van der Waals surface area contributed by atoms with Crippen LogP contribution in [0.1, 0.15) is 32.6 Å². The minimum absolute atomic E-state index is 0.109. The molecule has 0 spiro atoms. The summed E-state index contributed by atoms with van der Waals surface area (Å²) in [7, 11) is -2.94. The van der Waals surface area contributed by atoms with Gasteiger partial charge in [-0.3, -0.25) is 0 Å². The molecule has 0 aliphatic heterocycles. The van der Waals surface area contributed by atoms with Crippen LogP contribution >= 0.6 is 0 Å². The van der Waals surface area contributed by atoms with Crippen LogP contribution in [0.15, 0.2) is 0 Å². The van der Waals surface area contributed by atoms with E-state index in [0.717, 1.165) is 12.8 Å². The van der Waals surface area contributed by atoms with Gasteiger partial charge in [-0.2, -0.15) is 0 Å². The lowest BCUT2D eigenvalue weighted by Crippen LogP contribution is -2.28. The van der Waals surface area contributed by atoms with Crippen molar-refractivity contribution >= 4 is 9.84 Å². The van der Waals surface area contributed by atoms with E-state index in [1.165, 1.54) is 0 Å². The second-order valence-electron chi connectivity index (χ2n) is 4.27. The molecule has 1 rings (SSSR count). The Hall–Kier alpha value is -0.130. The molecule has 0 aromatic carbocycles. The molecule has 5 heteroatoms. The van der Waals surface area contributed by atoms with E-state index in [1.807, 2.05) is 0 Å². The fraction of sp³-hybridized carbons (Fsp3) is 1.00. The molecule has 0 saturated heterocycles.